The molecule has 0 radical (unpaired) electrons. The van der Waals surface area contributed by atoms with Gasteiger partial charge in [0.15, 0.2) is 0 Å². The van der Waals surface area contributed by atoms with Gasteiger partial charge in [-0.25, -0.2) is 4.98 Å². The molecule has 1 aliphatic rings. The highest BCUT2D eigenvalue weighted by atomic mass is 35.5. The molecular weight excluding hydrogens is 269 g/mol. The van der Waals surface area contributed by atoms with Crippen LogP contribution in [0.5, 0.6) is 0 Å². The van der Waals surface area contributed by atoms with E-state index in [1.54, 1.807) is 0 Å². The van der Waals surface area contributed by atoms with E-state index in [2.05, 4.69) is 4.98 Å². The summed E-state index contributed by atoms with van der Waals surface area (Å²) < 4.78 is 38.4. The molecule has 0 N–H and O–H groups in total. The second kappa shape index (κ2) is 4.76. The SMILES string of the molecule is O=C1CC(CCl)CN1c1ncccc1C(F)(F)F. The number of anilines is 1. The van der Waals surface area contributed by atoms with Gasteiger partial charge >= 0.3 is 6.18 Å². The van der Waals surface area contributed by atoms with E-state index < -0.39 is 11.7 Å². The van der Waals surface area contributed by atoms with Crippen LogP contribution in [0, 0.1) is 5.92 Å². The van der Waals surface area contributed by atoms with Crippen LogP contribution in [0.3, 0.4) is 0 Å². The highest BCUT2D eigenvalue weighted by Crippen LogP contribution is 2.37. The quantitative estimate of drug-likeness (QED) is 0.779. The molecule has 0 bridgehead atoms. The minimum absolute atomic E-state index is 0.123. The Labute approximate surface area is 107 Å². The van der Waals surface area contributed by atoms with E-state index in [9.17, 15) is 18.0 Å². The molecule has 0 spiro atoms. The van der Waals surface area contributed by atoms with Crippen molar-refractivity contribution in [3.05, 3.63) is 23.9 Å². The van der Waals surface area contributed by atoms with Gasteiger partial charge in [-0.15, -0.1) is 11.6 Å². The van der Waals surface area contributed by atoms with E-state index in [0.717, 1.165) is 11.0 Å². The summed E-state index contributed by atoms with van der Waals surface area (Å²) in [5.74, 6) is -0.578. The van der Waals surface area contributed by atoms with Gasteiger partial charge in [-0.3, -0.25) is 9.69 Å². The molecule has 1 aromatic rings. The maximum absolute atomic E-state index is 12.8. The number of pyridine rings is 1. The van der Waals surface area contributed by atoms with Crippen LogP contribution >= 0.6 is 11.6 Å². The smallest absolute Gasteiger partial charge is 0.296 e. The molecule has 1 unspecified atom stereocenters. The van der Waals surface area contributed by atoms with Gasteiger partial charge in [-0.1, -0.05) is 0 Å². The number of nitrogens with zero attached hydrogens (tertiary/aromatic N) is 2. The first-order valence-corrected chi connectivity index (χ1v) is 5.85. The maximum atomic E-state index is 12.8. The lowest BCUT2D eigenvalue weighted by atomic mass is 10.1. The van der Waals surface area contributed by atoms with Gasteiger partial charge in [0, 0.05) is 25.0 Å². The predicted octanol–water partition coefficient (Wildman–Crippen LogP) is 2.69. The van der Waals surface area contributed by atoms with E-state index in [1.165, 1.54) is 12.3 Å². The summed E-state index contributed by atoms with van der Waals surface area (Å²) in [4.78, 5) is 16.4. The number of halogens is 4. The lowest BCUT2D eigenvalue weighted by molar-refractivity contribution is -0.137. The number of amides is 1. The van der Waals surface area contributed by atoms with Crippen LogP contribution in [-0.4, -0.2) is 23.3 Å². The molecule has 1 amide bonds. The summed E-state index contributed by atoms with van der Waals surface area (Å²) in [6.45, 7) is 0.183. The molecule has 0 aromatic carbocycles. The van der Waals surface area contributed by atoms with Crippen molar-refractivity contribution in [2.45, 2.75) is 12.6 Å². The van der Waals surface area contributed by atoms with Gasteiger partial charge in [0.05, 0.1) is 5.56 Å². The predicted molar refractivity (Wildman–Crippen MR) is 60.4 cm³/mol. The second-order valence-corrected chi connectivity index (χ2v) is 4.41. The number of aromatic nitrogens is 1. The Bertz CT molecular complexity index is 464. The summed E-state index contributed by atoms with van der Waals surface area (Å²) in [7, 11) is 0. The van der Waals surface area contributed by atoms with Crippen molar-refractivity contribution >= 4 is 23.3 Å². The average Bonchev–Trinajstić information content (AvgIpc) is 2.69. The number of alkyl halides is 4. The molecule has 98 valence electrons. The van der Waals surface area contributed by atoms with Crippen molar-refractivity contribution < 1.29 is 18.0 Å². The van der Waals surface area contributed by atoms with Gasteiger partial charge in [0.25, 0.3) is 0 Å². The Morgan fingerprint density at radius 1 is 1.50 bits per heavy atom. The standard InChI is InChI=1S/C11H10ClF3N2O/c12-5-7-4-9(18)17(6-7)10-8(11(13,14)15)2-1-3-16-10/h1-3,7H,4-6H2. The fraction of sp³-hybridized carbons (Fsp3) is 0.455. The highest BCUT2D eigenvalue weighted by molar-refractivity contribution is 6.18. The minimum Gasteiger partial charge on any atom is -0.296 e. The zero-order chi connectivity index (χ0) is 13.3. The summed E-state index contributed by atoms with van der Waals surface area (Å²) in [5, 5.41) is 0. The Morgan fingerprint density at radius 2 is 2.22 bits per heavy atom. The minimum atomic E-state index is -4.52. The third-order valence-corrected chi connectivity index (χ3v) is 3.21. The summed E-state index contributed by atoms with van der Waals surface area (Å²) in [5.41, 5.74) is -0.895. The third kappa shape index (κ3) is 2.43. The molecule has 0 aliphatic carbocycles. The van der Waals surface area contributed by atoms with Gasteiger partial charge in [-0.2, -0.15) is 13.2 Å². The van der Waals surface area contributed by atoms with E-state index in [0.29, 0.717) is 0 Å². The molecule has 7 heteroatoms. The van der Waals surface area contributed by atoms with Crippen LogP contribution in [0.1, 0.15) is 12.0 Å². The van der Waals surface area contributed by atoms with Gasteiger partial charge in [-0.05, 0) is 18.1 Å². The molecule has 1 aliphatic heterocycles. The van der Waals surface area contributed by atoms with E-state index >= 15 is 0 Å². The zero-order valence-electron chi connectivity index (χ0n) is 9.25. The number of carbonyl (C=O) groups is 1. The topological polar surface area (TPSA) is 33.2 Å². The normalized spacial score (nSPS) is 20.6. The lowest BCUT2D eigenvalue weighted by Crippen LogP contribution is -2.28. The Balaban J connectivity index is 2.37. The summed E-state index contributed by atoms with van der Waals surface area (Å²) >= 11 is 5.63. The monoisotopic (exact) mass is 278 g/mol. The number of hydrogen-bond acceptors (Lipinski definition) is 2. The molecular formula is C11H10ClF3N2O. The van der Waals surface area contributed by atoms with Crippen molar-refractivity contribution in [1.82, 2.24) is 4.98 Å². The Morgan fingerprint density at radius 3 is 2.78 bits per heavy atom. The van der Waals surface area contributed by atoms with Gasteiger partial charge < -0.3 is 0 Å². The van der Waals surface area contributed by atoms with Gasteiger partial charge in [0.1, 0.15) is 5.82 Å². The van der Waals surface area contributed by atoms with Crippen LogP contribution in [-0.2, 0) is 11.0 Å². The van der Waals surface area contributed by atoms with Crippen LogP contribution in [0.25, 0.3) is 0 Å². The first kappa shape index (κ1) is 13.1. The van der Waals surface area contributed by atoms with Gasteiger partial charge in [0.2, 0.25) is 5.91 Å². The van der Waals surface area contributed by atoms with E-state index in [1.807, 2.05) is 0 Å². The van der Waals surface area contributed by atoms with E-state index in [4.69, 9.17) is 11.6 Å². The third-order valence-electron chi connectivity index (χ3n) is 2.77. The van der Waals surface area contributed by atoms with Crippen molar-refractivity contribution in [1.29, 1.82) is 0 Å². The van der Waals surface area contributed by atoms with Crippen LogP contribution in [0.15, 0.2) is 18.3 Å². The van der Waals surface area contributed by atoms with Crippen molar-refractivity contribution in [2.24, 2.45) is 5.92 Å². The first-order valence-electron chi connectivity index (χ1n) is 5.32. The molecule has 2 heterocycles. The molecule has 1 aromatic heterocycles. The number of rotatable bonds is 2. The van der Waals surface area contributed by atoms with Crippen molar-refractivity contribution in [3.63, 3.8) is 0 Å². The zero-order valence-corrected chi connectivity index (χ0v) is 10.0. The van der Waals surface area contributed by atoms with Crippen LogP contribution in [0.4, 0.5) is 19.0 Å². The molecule has 1 atom stereocenters. The van der Waals surface area contributed by atoms with Crippen LogP contribution < -0.4 is 4.90 Å². The second-order valence-electron chi connectivity index (χ2n) is 4.10. The molecule has 0 saturated carbocycles. The van der Waals surface area contributed by atoms with Crippen molar-refractivity contribution in [3.8, 4) is 0 Å². The molecule has 1 fully saturated rings. The van der Waals surface area contributed by atoms with Crippen molar-refractivity contribution in [2.75, 3.05) is 17.3 Å². The molecule has 1 saturated heterocycles. The fourth-order valence-corrected chi connectivity index (χ4v) is 2.13. The first-order chi connectivity index (χ1) is 8.43. The summed E-state index contributed by atoms with van der Waals surface area (Å²) in [6, 6.07) is 2.12. The number of hydrogen-bond donors (Lipinski definition) is 0. The highest BCUT2D eigenvalue weighted by Gasteiger charge is 2.39. The van der Waals surface area contributed by atoms with E-state index in [-0.39, 0.29) is 36.5 Å². The Kier molecular flexibility index (Phi) is 3.47. The summed E-state index contributed by atoms with van der Waals surface area (Å²) in [6.07, 6.45) is -3.12. The average molecular weight is 279 g/mol. The van der Waals surface area contributed by atoms with Crippen LogP contribution in [0.2, 0.25) is 0 Å². The number of carbonyl (C=O) groups excluding carboxylic acids is 1. The lowest BCUT2D eigenvalue weighted by Gasteiger charge is -2.19. The maximum Gasteiger partial charge on any atom is 0.419 e. The molecule has 18 heavy (non-hydrogen) atoms. The molecule has 3 nitrogen and oxygen atoms in total. The fourth-order valence-electron chi connectivity index (χ4n) is 1.92. The Hall–Kier alpha value is -1.30. The largest absolute Gasteiger partial charge is 0.419 e. The molecule has 2 rings (SSSR count).